The van der Waals surface area contributed by atoms with E-state index < -0.39 is 6.04 Å². The molecule has 2 rings (SSSR count). The molecule has 1 aliphatic rings. The standard InChI is InChI=1S/C16H21N3O3/c1-11(7-8-12-5-3-2-4-6-12)18-14(20)9-13-16(22)17-10-15(21)19-13/h2-6,11,13H,7-10H2,1H3,(H,17,22)(H,18,20)(H,19,21). The van der Waals surface area contributed by atoms with Gasteiger partial charge in [0.25, 0.3) is 0 Å². The summed E-state index contributed by atoms with van der Waals surface area (Å²) in [4.78, 5) is 34.7. The Morgan fingerprint density at radius 2 is 2.05 bits per heavy atom. The molecule has 1 fully saturated rings. The van der Waals surface area contributed by atoms with Crippen LogP contribution in [0, 0.1) is 0 Å². The van der Waals surface area contributed by atoms with Gasteiger partial charge in [0.05, 0.1) is 13.0 Å². The van der Waals surface area contributed by atoms with Gasteiger partial charge in [0.1, 0.15) is 6.04 Å². The van der Waals surface area contributed by atoms with Gasteiger partial charge in [-0.2, -0.15) is 0 Å². The number of benzene rings is 1. The lowest BCUT2D eigenvalue weighted by Gasteiger charge is -2.23. The summed E-state index contributed by atoms with van der Waals surface area (Å²) in [6, 6.07) is 9.29. The highest BCUT2D eigenvalue weighted by atomic mass is 16.2. The van der Waals surface area contributed by atoms with E-state index in [1.54, 1.807) is 0 Å². The van der Waals surface area contributed by atoms with E-state index in [1.165, 1.54) is 5.56 Å². The summed E-state index contributed by atoms with van der Waals surface area (Å²) in [5.74, 6) is -0.816. The molecular formula is C16H21N3O3. The maximum absolute atomic E-state index is 11.9. The van der Waals surface area contributed by atoms with Crippen molar-refractivity contribution in [1.29, 1.82) is 0 Å². The molecule has 2 unspecified atom stereocenters. The van der Waals surface area contributed by atoms with Gasteiger partial charge in [-0.05, 0) is 25.3 Å². The predicted octanol–water partition coefficient (Wildman–Crippen LogP) is 0.129. The number of nitrogens with one attached hydrogen (secondary N) is 3. The quantitative estimate of drug-likeness (QED) is 0.698. The third-order valence-corrected chi connectivity index (χ3v) is 3.58. The van der Waals surface area contributed by atoms with Crippen molar-refractivity contribution in [2.24, 2.45) is 0 Å². The lowest BCUT2D eigenvalue weighted by molar-refractivity contribution is -0.135. The van der Waals surface area contributed by atoms with Crippen molar-refractivity contribution in [3.05, 3.63) is 35.9 Å². The van der Waals surface area contributed by atoms with E-state index in [2.05, 4.69) is 28.1 Å². The van der Waals surface area contributed by atoms with Gasteiger partial charge in [-0.1, -0.05) is 30.3 Å². The first-order valence-corrected chi connectivity index (χ1v) is 7.45. The van der Waals surface area contributed by atoms with E-state index >= 15 is 0 Å². The molecule has 3 N–H and O–H groups in total. The molecule has 0 radical (unpaired) electrons. The first kappa shape index (κ1) is 16.0. The van der Waals surface area contributed by atoms with Gasteiger partial charge in [0.2, 0.25) is 17.7 Å². The Morgan fingerprint density at radius 1 is 1.32 bits per heavy atom. The molecule has 2 atom stereocenters. The fourth-order valence-electron chi connectivity index (χ4n) is 2.36. The zero-order valence-electron chi connectivity index (χ0n) is 12.6. The summed E-state index contributed by atoms with van der Waals surface area (Å²) < 4.78 is 0. The number of hydrogen-bond donors (Lipinski definition) is 3. The van der Waals surface area contributed by atoms with Crippen molar-refractivity contribution in [2.45, 2.75) is 38.3 Å². The first-order chi connectivity index (χ1) is 10.5. The van der Waals surface area contributed by atoms with Crippen LogP contribution in [-0.4, -0.2) is 36.3 Å². The van der Waals surface area contributed by atoms with Crippen LogP contribution in [0.25, 0.3) is 0 Å². The topological polar surface area (TPSA) is 87.3 Å². The molecule has 0 spiro atoms. The van der Waals surface area contributed by atoms with Crippen molar-refractivity contribution >= 4 is 17.7 Å². The van der Waals surface area contributed by atoms with Crippen LogP contribution in [-0.2, 0) is 20.8 Å². The zero-order valence-corrected chi connectivity index (χ0v) is 12.6. The number of rotatable bonds is 6. The third-order valence-electron chi connectivity index (χ3n) is 3.58. The van der Waals surface area contributed by atoms with E-state index in [-0.39, 0.29) is 36.7 Å². The highest BCUT2D eigenvalue weighted by Crippen LogP contribution is 2.05. The van der Waals surface area contributed by atoms with Crippen LogP contribution < -0.4 is 16.0 Å². The predicted molar refractivity (Wildman–Crippen MR) is 81.9 cm³/mol. The molecular weight excluding hydrogens is 282 g/mol. The largest absolute Gasteiger partial charge is 0.354 e. The molecule has 22 heavy (non-hydrogen) atoms. The number of aryl methyl sites for hydroxylation is 1. The van der Waals surface area contributed by atoms with Crippen LogP contribution >= 0.6 is 0 Å². The summed E-state index contributed by atoms with van der Waals surface area (Å²) in [7, 11) is 0. The second-order valence-electron chi connectivity index (χ2n) is 5.53. The second kappa shape index (κ2) is 7.59. The zero-order chi connectivity index (χ0) is 15.9. The minimum absolute atomic E-state index is 0.00931. The van der Waals surface area contributed by atoms with Crippen molar-refractivity contribution in [1.82, 2.24) is 16.0 Å². The molecule has 0 aliphatic carbocycles. The Balaban J connectivity index is 1.74. The molecule has 1 heterocycles. The average Bonchev–Trinajstić information content (AvgIpc) is 2.50. The van der Waals surface area contributed by atoms with Crippen LogP contribution in [0.4, 0.5) is 0 Å². The number of piperazine rings is 1. The molecule has 118 valence electrons. The van der Waals surface area contributed by atoms with Gasteiger partial charge in [-0.25, -0.2) is 0 Å². The first-order valence-electron chi connectivity index (χ1n) is 7.45. The summed E-state index contributed by atoms with van der Waals surface area (Å²) in [5, 5.41) is 7.84. The molecule has 3 amide bonds. The molecule has 1 aromatic carbocycles. The van der Waals surface area contributed by atoms with Gasteiger partial charge < -0.3 is 16.0 Å². The van der Waals surface area contributed by atoms with Gasteiger partial charge in [-0.15, -0.1) is 0 Å². The van der Waals surface area contributed by atoms with Crippen LogP contribution in [0.2, 0.25) is 0 Å². The monoisotopic (exact) mass is 303 g/mol. The van der Waals surface area contributed by atoms with E-state index in [4.69, 9.17) is 0 Å². The number of carbonyl (C=O) groups is 3. The molecule has 1 aromatic rings. The summed E-state index contributed by atoms with van der Waals surface area (Å²) in [6.45, 7) is 1.91. The maximum atomic E-state index is 11.9. The molecule has 6 heteroatoms. The smallest absolute Gasteiger partial charge is 0.243 e. The minimum atomic E-state index is -0.775. The third kappa shape index (κ3) is 4.87. The maximum Gasteiger partial charge on any atom is 0.243 e. The van der Waals surface area contributed by atoms with E-state index in [0.717, 1.165) is 12.8 Å². The van der Waals surface area contributed by atoms with Crippen LogP contribution in [0.5, 0.6) is 0 Å². The summed E-state index contributed by atoms with van der Waals surface area (Å²) in [5.41, 5.74) is 1.22. The number of carbonyl (C=O) groups excluding carboxylic acids is 3. The summed E-state index contributed by atoms with van der Waals surface area (Å²) in [6.07, 6.45) is 1.66. The number of hydrogen-bond acceptors (Lipinski definition) is 3. The molecule has 0 bridgehead atoms. The van der Waals surface area contributed by atoms with Crippen LogP contribution in [0.3, 0.4) is 0 Å². The Bertz CT molecular complexity index is 545. The molecule has 0 saturated carbocycles. The highest BCUT2D eigenvalue weighted by Gasteiger charge is 2.28. The average molecular weight is 303 g/mol. The Morgan fingerprint density at radius 3 is 2.77 bits per heavy atom. The SMILES string of the molecule is CC(CCc1ccccc1)NC(=O)CC1NC(=O)CNC1=O. The minimum Gasteiger partial charge on any atom is -0.354 e. The van der Waals surface area contributed by atoms with Gasteiger partial charge in [0.15, 0.2) is 0 Å². The van der Waals surface area contributed by atoms with Crippen LogP contribution in [0.1, 0.15) is 25.3 Å². The fraction of sp³-hybridized carbons (Fsp3) is 0.438. The van der Waals surface area contributed by atoms with Crippen LogP contribution in [0.15, 0.2) is 30.3 Å². The normalized spacial score (nSPS) is 19.0. The highest BCUT2D eigenvalue weighted by molar-refractivity contribution is 5.97. The molecule has 1 aliphatic heterocycles. The van der Waals surface area contributed by atoms with Crippen molar-refractivity contribution in [2.75, 3.05) is 6.54 Å². The van der Waals surface area contributed by atoms with E-state index in [9.17, 15) is 14.4 Å². The lowest BCUT2D eigenvalue weighted by atomic mass is 10.1. The molecule has 0 aromatic heterocycles. The summed E-state index contributed by atoms with van der Waals surface area (Å²) >= 11 is 0. The van der Waals surface area contributed by atoms with Crippen molar-refractivity contribution in [3.8, 4) is 0 Å². The van der Waals surface area contributed by atoms with E-state index in [1.807, 2.05) is 25.1 Å². The molecule has 1 saturated heterocycles. The lowest BCUT2D eigenvalue weighted by Crippen LogP contribution is -2.57. The second-order valence-corrected chi connectivity index (χ2v) is 5.53. The molecule has 6 nitrogen and oxygen atoms in total. The van der Waals surface area contributed by atoms with Gasteiger partial charge in [-0.3, -0.25) is 14.4 Å². The fourth-order valence-corrected chi connectivity index (χ4v) is 2.36. The van der Waals surface area contributed by atoms with Gasteiger partial charge >= 0.3 is 0 Å². The van der Waals surface area contributed by atoms with Gasteiger partial charge in [0, 0.05) is 6.04 Å². The Labute approximate surface area is 129 Å². The van der Waals surface area contributed by atoms with Crippen molar-refractivity contribution in [3.63, 3.8) is 0 Å². The Hall–Kier alpha value is -2.37. The Kier molecular flexibility index (Phi) is 5.52. The van der Waals surface area contributed by atoms with Crippen molar-refractivity contribution < 1.29 is 14.4 Å². The van der Waals surface area contributed by atoms with E-state index in [0.29, 0.717) is 0 Å². The number of amides is 3.